The number of aliphatic carboxylic acids is 1. The number of rotatable bonds is 5. The van der Waals surface area contributed by atoms with E-state index in [9.17, 15) is 14.4 Å². The zero-order chi connectivity index (χ0) is 15.3. The van der Waals surface area contributed by atoms with Gasteiger partial charge in [0.2, 0.25) is 5.91 Å². The molecule has 1 aliphatic rings. The summed E-state index contributed by atoms with van der Waals surface area (Å²) in [6, 6.07) is -1.70. The van der Waals surface area contributed by atoms with Gasteiger partial charge in [-0.25, -0.2) is 9.59 Å². The molecule has 1 unspecified atom stereocenters. The lowest BCUT2D eigenvalue weighted by Crippen LogP contribution is -2.52. The fourth-order valence-corrected chi connectivity index (χ4v) is 2.20. The molecule has 0 radical (unpaired) electrons. The number of nitrogens with zero attached hydrogens (tertiary/aromatic N) is 2. The third-order valence-corrected chi connectivity index (χ3v) is 3.56. The quantitative estimate of drug-likeness (QED) is 0.602. The van der Waals surface area contributed by atoms with E-state index < -0.39 is 30.4 Å². The maximum Gasteiger partial charge on any atom is 0.326 e. The monoisotopic (exact) mass is 286 g/mol. The summed E-state index contributed by atoms with van der Waals surface area (Å²) in [5, 5.41) is 11.3. The third kappa shape index (κ3) is 4.69. The van der Waals surface area contributed by atoms with Crippen molar-refractivity contribution in [2.75, 3.05) is 27.2 Å². The van der Waals surface area contributed by atoms with Crippen LogP contribution >= 0.6 is 0 Å². The Balaban J connectivity index is 2.55. The van der Waals surface area contributed by atoms with Gasteiger partial charge in [-0.1, -0.05) is 0 Å². The molecule has 20 heavy (non-hydrogen) atoms. The number of carboxylic acid groups (broad SMARTS) is 1. The summed E-state index contributed by atoms with van der Waals surface area (Å²) in [5.74, 6) is -2.03. The van der Waals surface area contributed by atoms with Gasteiger partial charge in [0.05, 0.1) is 6.42 Å². The van der Waals surface area contributed by atoms with Crippen LogP contribution in [0.25, 0.3) is 0 Å². The van der Waals surface area contributed by atoms with Gasteiger partial charge >= 0.3 is 12.0 Å². The molecule has 8 heteroatoms. The fourth-order valence-electron chi connectivity index (χ4n) is 2.20. The van der Waals surface area contributed by atoms with Crippen molar-refractivity contribution in [3.8, 4) is 0 Å². The Labute approximate surface area is 117 Å². The Kier molecular flexibility index (Phi) is 5.75. The number of hydrogen-bond donors (Lipinski definition) is 3. The number of likely N-dealkylation sites (tertiary alicyclic amines) is 1. The van der Waals surface area contributed by atoms with Crippen molar-refractivity contribution >= 4 is 17.9 Å². The maximum absolute atomic E-state index is 12.0. The number of urea groups is 1. The zero-order valence-electron chi connectivity index (χ0n) is 11.8. The van der Waals surface area contributed by atoms with Gasteiger partial charge in [-0.2, -0.15) is 0 Å². The van der Waals surface area contributed by atoms with E-state index in [0.29, 0.717) is 0 Å². The highest BCUT2D eigenvalue weighted by atomic mass is 16.4. The van der Waals surface area contributed by atoms with Gasteiger partial charge in [-0.3, -0.25) is 4.79 Å². The molecule has 1 saturated heterocycles. The molecule has 1 fully saturated rings. The van der Waals surface area contributed by atoms with Gasteiger partial charge in [0.25, 0.3) is 0 Å². The Morgan fingerprint density at radius 2 is 1.95 bits per heavy atom. The third-order valence-electron chi connectivity index (χ3n) is 3.56. The number of nitrogens with one attached hydrogen (secondary N) is 1. The number of piperidine rings is 1. The summed E-state index contributed by atoms with van der Waals surface area (Å²) in [6.07, 6.45) is 1.27. The standard InChI is InChI=1S/C12H22N4O4/c1-15-5-3-8(4-6-15)16(2)12(20)14-9(11(18)19)7-10(13)17/h8-9H,3-7H2,1-2H3,(H2,13,17)(H,14,20)(H,18,19). The lowest BCUT2D eigenvalue weighted by molar-refractivity contribution is -0.141. The summed E-state index contributed by atoms with van der Waals surface area (Å²) < 4.78 is 0. The van der Waals surface area contributed by atoms with Gasteiger partial charge in [0.15, 0.2) is 0 Å². The van der Waals surface area contributed by atoms with Gasteiger partial charge in [0.1, 0.15) is 6.04 Å². The number of amides is 3. The van der Waals surface area contributed by atoms with Crippen LogP contribution in [0.2, 0.25) is 0 Å². The number of carbonyl (C=O) groups is 3. The van der Waals surface area contributed by atoms with Crippen molar-refractivity contribution in [1.82, 2.24) is 15.1 Å². The molecule has 0 aromatic carbocycles. The summed E-state index contributed by atoms with van der Waals surface area (Å²) >= 11 is 0. The first-order valence-electron chi connectivity index (χ1n) is 6.54. The second-order valence-electron chi connectivity index (χ2n) is 5.16. The van der Waals surface area contributed by atoms with E-state index >= 15 is 0 Å². The van der Waals surface area contributed by atoms with E-state index in [1.54, 1.807) is 7.05 Å². The van der Waals surface area contributed by atoms with Crippen LogP contribution in [0, 0.1) is 0 Å². The lowest BCUT2D eigenvalue weighted by Gasteiger charge is -2.35. The Bertz CT molecular complexity index is 380. The molecule has 1 rings (SSSR count). The lowest BCUT2D eigenvalue weighted by atomic mass is 10.0. The number of primary amides is 1. The second-order valence-corrected chi connectivity index (χ2v) is 5.16. The minimum atomic E-state index is -1.28. The van der Waals surface area contributed by atoms with E-state index in [4.69, 9.17) is 10.8 Å². The zero-order valence-corrected chi connectivity index (χ0v) is 11.8. The largest absolute Gasteiger partial charge is 0.480 e. The van der Waals surface area contributed by atoms with Crippen molar-refractivity contribution in [1.29, 1.82) is 0 Å². The van der Waals surface area contributed by atoms with Crippen LogP contribution in [0.1, 0.15) is 19.3 Å². The number of nitrogens with two attached hydrogens (primary N) is 1. The van der Waals surface area contributed by atoms with Crippen LogP contribution in [-0.2, 0) is 9.59 Å². The van der Waals surface area contributed by atoms with E-state index in [2.05, 4.69) is 10.2 Å². The Hall–Kier alpha value is -1.83. The van der Waals surface area contributed by atoms with Crippen LogP contribution in [-0.4, -0.2) is 72.1 Å². The molecule has 0 aromatic heterocycles. The first kappa shape index (κ1) is 16.2. The molecular formula is C12H22N4O4. The molecular weight excluding hydrogens is 264 g/mol. The average molecular weight is 286 g/mol. The minimum absolute atomic E-state index is 0.0780. The van der Waals surface area contributed by atoms with Crippen LogP contribution < -0.4 is 11.1 Å². The molecule has 0 saturated carbocycles. The summed E-state index contributed by atoms with van der Waals surface area (Å²) in [4.78, 5) is 37.4. The average Bonchev–Trinajstić information content (AvgIpc) is 2.37. The molecule has 1 heterocycles. The van der Waals surface area contributed by atoms with Crippen LogP contribution in [0.5, 0.6) is 0 Å². The summed E-state index contributed by atoms with van der Waals surface area (Å²) in [7, 11) is 3.65. The van der Waals surface area contributed by atoms with Crippen LogP contribution in [0.15, 0.2) is 0 Å². The number of hydrogen-bond acceptors (Lipinski definition) is 4. The molecule has 3 amide bonds. The molecule has 114 valence electrons. The van der Waals surface area contributed by atoms with Gasteiger partial charge in [-0.15, -0.1) is 0 Å². The van der Waals surface area contributed by atoms with E-state index in [1.807, 2.05) is 7.05 Å². The fraction of sp³-hybridized carbons (Fsp3) is 0.750. The minimum Gasteiger partial charge on any atom is -0.480 e. The normalized spacial score (nSPS) is 18.3. The SMILES string of the molecule is CN1CCC(N(C)C(=O)NC(CC(N)=O)C(=O)O)CC1. The molecule has 0 aliphatic carbocycles. The van der Waals surface area contributed by atoms with E-state index in [1.165, 1.54) is 4.90 Å². The van der Waals surface area contributed by atoms with Crippen molar-refractivity contribution in [3.63, 3.8) is 0 Å². The molecule has 0 aromatic rings. The Morgan fingerprint density at radius 3 is 2.40 bits per heavy atom. The molecule has 1 atom stereocenters. The predicted molar refractivity (Wildman–Crippen MR) is 72.0 cm³/mol. The smallest absolute Gasteiger partial charge is 0.326 e. The predicted octanol–water partition coefficient (Wildman–Crippen LogP) is -0.949. The first-order valence-corrected chi connectivity index (χ1v) is 6.54. The maximum atomic E-state index is 12.0. The number of carbonyl (C=O) groups excluding carboxylic acids is 2. The Morgan fingerprint density at radius 1 is 1.40 bits per heavy atom. The van der Waals surface area contributed by atoms with Gasteiger partial charge < -0.3 is 26.0 Å². The van der Waals surface area contributed by atoms with Crippen LogP contribution in [0.3, 0.4) is 0 Å². The molecule has 0 spiro atoms. The first-order chi connectivity index (χ1) is 9.31. The topological polar surface area (TPSA) is 116 Å². The summed E-state index contributed by atoms with van der Waals surface area (Å²) in [5.41, 5.74) is 4.97. The van der Waals surface area contributed by atoms with Crippen LogP contribution in [0.4, 0.5) is 4.79 Å². The molecule has 0 bridgehead atoms. The highest BCUT2D eigenvalue weighted by Crippen LogP contribution is 2.14. The van der Waals surface area contributed by atoms with Gasteiger partial charge in [0, 0.05) is 13.1 Å². The van der Waals surface area contributed by atoms with E-state index in [-0.39, 0.29) is 6.04 Å². The van der Waals surface area contributed by atoms with Crippen molar-refractivity contribution in [2.45, 2.75) is 31.3 Å². The second kappa shape index (κ2) is 7.09. The highest BCUT2D eigenvalue weighted by Gasteiger charge is 2.28. The molecule has 1 aliphatic heterocycles. The van der Waals surface area contributed by atoms with E-state index in [0.717, 1.165) is 25.9 Å². The highest BCUT2D eigenvalue weighted by molar-refractivity contribution is 5.87. The molecule has 8 nitrogen and oxygen atoms in total. The van der Waals surface area contributed by atoms with Crippen molar-refractivity contribution in [3.05, 3.63) is 0 Å². The van der Waals surface area contributed by atoms with Crippen molar-refractivity contribution < 1.29 is 19.5 Å². The number of carboxylic acids is 1. The molecule has 4 N–H and O–H groups in total. The van der Waals surface area contributed by atoms with Gasteiger partial charge in [-0.05, 0) is 33.0 Å². The van der Waals surface area contributed by atoms with Crippen molar-refractivity contribution in [2.24, 2.45) is 5.73 Å². The summed E-state index contributed by atoms with van der Waals surface area (Å²) in [6.45, 7) is 1.79.